The van der Waals surface area contributed by atoms with E-state index in [1.807, 2.05) is 85.0 Å². The van der Waals surface area contributed by atoms with Gasteiger partial charge in [-0.2, -0.15) is 0 Å². The van der Waals surface area contributed by atoms with Gasteiger partial charge >= 0.3 is 6.16 Å². The van der Waals surface area contributed by atoms with E-state index < -0.39 is 6.16 Å². The molecule has 0 aliphatic carbocycles. The van der Waals surface area contributed by atoms with Gasteiger partial charge < -0.3 is 9.47 Å². The van der Waals surface area contributed by atoms with E-state index in [0.29, 0.717) is 0 Å². The standard InChI is InChI=1S/C21H22O3/c1-17(13-15-19-9-5-3-6-10-19)23-21(22)24-18(2)14-16-20-11-7-4-8-12-20/h3-18H,1-2H3/b15-13+,16-14+. The van der Waals surface area contributed by atoms with Crippen LogP contribution in [-0.4, -0.2) is 18.4 Å². The average Bonchev–Trinajstić information content (AvgIpc) is 2.60. The second-order valence-corrected chi connectivity index (χ2v) is 5.44. The van der Waals surface area contributed by atoms with Gasteiger partial charge in [-0.15, -0.1) is 0 Å². The lowest BCUT2D eigenvalue weighted by Crippen LogP contribution is -2.18. The summed E-state index contributed by atoms with van der Waals surface area (Å²) in [5.41, 5.74) is 2.11. The lowest BCUT2D eigenvalue weighted by atomic mass is 10.2. The fourth-order valence-electron chi connectivity index (χ4n) is 2.03. The first-order valence-electron chi connectivity index (χ1n) is 7.97. The van der Waals surface area contributed by atoms with Crippen molar-refractivity contribution in [2.75, 3.05) is 0 Å². The molecule has 0 saturated carbocycles. The zero-order valence-electron chi connectivity index (χ0n) is 14.0. The van der Waals surface area contributed by atoms with Crippen LogP contribution in [-0.2, 0) is 9.47 Å². The maximum atomic E-state index is 11.8. The Bertz CT molecular complexity index is 615. The summed E-state index contributed by atoms with van der Waals surface area (Å²) in [5.74, 6) is 0. The number of hydrogen-bond donors (Lipinski definition) is 0. The molecular formula is C21H22O3. The second kappa shape index (κ2) is 9.36. The highest BCUT2D eigenvalue weighted by Crippen LogP contribution is 2.07. The molecule has 0 aromatic heterocycles. The third kappa shape index (κ3) is 6.53. The van der Waals surface area contributed by atoms with Crippen molar-refractivity contribution in [1.29, 1.82) is 0 Å². The molecule has 2 aromatic rings. The van der Waals surface area contributed by atoms with Crippen LogP contribution in [0.2, 0.25) is 0 Å². The molecule has 0 spiro atoms. The molecule has 0 aliphatic heterocycles. The van der Waals surface area contributed by atoms with Gasteiger partial charge in [0.1, 0.15) is 12.2 Å². The van der Waals surface area contributed by atoms with E-state index in [4.69, 9.17) is 9.47 Å². The van der Waals surface area contributed by atoms with Crippen LogP contribution in [0.1, 0.15) is 25.0 Å². The normalized spacial score (nSPS) is 13.8. The molecule has 2 rings (SSSR count). The molecule has 0 radical (unpaired) electrons. The molecule has 0 aliphatic rings. The Labute approximate surface area is 143 Å². The van der Waals surface area contributed by atoms with Gasteiger partial charge in [0, 0.05) is 0 Å². The van der Waals surface area contributed by atoms with Crippen molar-refractivity contribution in [3.63, 3.8) is 0 Å². The van der Waals surface area contributed by atoms with Crippen molar-refractivity contribution in [2.45, 2.75) is 26.1 Å². The lowest BCUT2D eigenvalue weighted by Gasteiger charge is -2.12. The number of rotatable bonds is 6. The summed E-state index contributed by atoms with van der Waals surface area (Å²) in [6.07, 6.45) is 6.08. The SMILES string of the molecule is CC(/C=C/c1ccccc1)OC(=O)OC(C)/C=C/c1ccccc1. The first-order chi connectivity index (χ1) is 11.6. The molecule has 0 amide bonds. The van der Waals surface area contributed by atoms with Crippen LogP contribution in [0.3, 0.4) is 0 Å². The minimum absolute atomic E-state index is 0.358. The zero-order valence-corrected chi connectivity index (χ0v) is 14.0. The quantitative estimate of drug-likeness (QED) is 0.673. The molecular weight excluding hydrogens is 300 g/mol. The van der Waals surface area contributed by atoms with Crippen molar-refractivity contribution >= 4 is 18.3 Å². The summed E-state index contributed by atoms with van der Waals surface area (Å²) >= 11 is 0. The first-order valence-corrected chi connectivity index (χ1v) is 7.97. The van der Waals surface area contributed by atoms with Crippen LogP contribution < -0.4 is 0 Å². The van der Waals surface area contributed by atoms with E-state index in [1.54, 1.807) is 13.8 Å². The van der Waals surface area contributed by atoms with Crippen molar-refractivity contribution in [3.8, 4) is 0 Å². The number of hydrogen-bond acceptors (Lipinski definition) is 3. The Morgan fingerprint density at radius 2 is 1.12 bits per heavy atom. The Morgan fingerprint density at radius 1 is 0.750 bits per heavy atom. The fourth-order valence-corrected chi connectivity index (χ4v) is 2.03. The molecule has 24 heavy (non-hydrogen) atoms. The Morgan fingerprint density at radius 3 is 1.50 bits per heavy atom. The summed E-state index contributed by atoms with van der Waals surface area (Å²) in [6.45, 7) is 3.59. The number of benzene rings is 2. The van der Waals surface area contributed by atoms with E-state index in [0.717, 1.165) is 11.1 Å². The van der Waals surface area contributed by atoms with Crippen LogP contribution in [0.25, 0.3) is 12.2 Å². The van der Waals surface area contributed by atoms with E-state index >= 15 is 0 Å². The summed E-state index contributed by atoms with van der Waals surface area (Å²) in [6, 6.07) is 19.7. The fraction of sp³-hybridized carbons (Fsp3) is 0.190. The van der Waals surface area contributed by atoms with Gasteiger partial charge in [0.2, 0.25) is 0 Å². The van der Waals surface area contributed by atoms with Crippen molar-refractivity contribution in [1.82, 2.24) is 0 Å². The monoisotopic (exact) mass is 322 g/mol. The molecule has 3 nitrogen and oxygen atoms in total. The average molecular weight is 322 g/mol. The minimum Gasteiger partial charge on any atom is -0.427 e. The molecule has 0 N–H and O–H groups in total. The molecule has 2 unspecified atom stereocenters. The van der Waals surface area contributed by atoms with E-state index in [-0.39, 0.29) is 12.2 Å². The number of carbonyl (C=O) groups excluding carboxylic acids is 1. The summed E-state index contributed by atoms with van der Waals surface area (Å²) < 4.78 is 10.4. The summed E-state index contributed by atoms with van der Waals surface area (Å²) in [7, 11) is 0. The van der Waals surface area contributed by atoms with E-state index in [9.17, 15) is 4.79 Å². The Kier molecular flexibility index (Phi) is 6.84. The smallest absolute Gasteiger partial charge is 0.427 e. The van der Waals surface area contributed by atoms with Crippen LogP contribution in [0.15, 0.2) is 72.8 Å². The molecule has 2 aromatic carbocycles. The largest absolute Gasteiger partial charge is 0.509 e. The highest BCUT2D eigenvalue weighted by atomic mass is 16.7. The van der Waals surface area contributed by atoms with Crippen molar-refractivity contribution in [2.24, 2.45) is 0 Å². The molecule has 124 valence electrons. The first kappa shape index (κ1) is 17.5. The zero-order chi connectivity index (χ0) is 17.2. The van der Waals surface area contributed by atoms with Gasteiger partial charge in [-0.25, -0.2) is 4.79 Å². The van der Waals surface area contributed by atoms with Gasteiger partial charge in [-0.3, -0.25) is 0 Å². The van der Waals surface area contributed by atoms with Crippen LogP contribution in [0.4, 0.5) is 4.79 Å². The maximum absolute atomic E-state index is 11.8. The predicted molar refractivity (Wildman–Crippen MR) is 97.4 cm³/mol. The van der Waals surface area contributed by atoms with Gasteiger partial charge in [-0.05, 0) is 37.1 Å². The minimum atomic E-state index is -0.676. The lowest BCUT2D eigenvalue weighted by molar-refractivity contribution is 0.0300. The highest BCUT2D eigenvalue weighted by Gasteiger charge is 2.11. The summed E-state index contributed by atoms with van der Waals surface area (Å²) in [4.78, 5) is 11.8. The van der Waals surface area contributed by atoms with E-state index in [2.05, 4.69) is 0 Å². The number of ether oxygens (including phenoxy) is 2. The van der Waals surface area contributed by atoms with Crippen molar-refractivity contribution in [3.05, 3.63) is 83.9 Å². The summed E-state index contributed by atoms with van der Waals surface area (Å²) in [5, 5.41) is 0. The Balaban J connectivity index is 1.77. The van der Waals surface area contributed by atoms with Crippen molar-refractivity contribution < 1.29 is 14.3 Å². The second-order valence-electron chi connectivity index (χ2n) is 5.44. The van der Waals surface area contributed by atoms with Gasteiger partial charge in [0.15, 0.2) is 0 Å². The third-order valence-electron chi connectivity index (χ3n) is 3.28. The molecule has 0 heterocycles. The Hall–Kier alpha value is -2.81. The van der Waals surface area contributed by atoms with Gasteiger partial charge in [0.05, 0.1) is 0 Å². The van der Waals surface area contributed by atoms with E-state index in [1.165, 1.54) is 0 Å². The van der Waals surface area contributed by atoms with Crippen LogP contribution >= 0.6 is 0 Å². The molecule has 0 saturated heterocycles. The maximum Gasteiger partial charge on any atom is 0.509 e. The number of carbonyl (C=O) groups is 1. The molecule has 0 bridgehead atoms. The van der Waals surface area contributed by atoms with Crippen LogP contribution in [0, 0.1) is 0 Å². The highest BCUT2D eigenvalue weighted by molar-refractivity contribution is 5.61. The topological polar surface area (TPSA) is 35.5 Å². The predicted octanol–water partition coefficient (Wildman–Crippen LogP) is 5.34. The molecule has 2 atom stereocenters. The van der Waals surface area contributed by atoms with Gasteiger partial charge in [0.25, 0.3) is 0 Å². The molecule has 0 fully saturated rings. The third-order valence-corrected chi connectivity index (χ3v) is 3.28. The van der Waals surface area contributed by atoms with Crippen LogP contribution in [0.5, 0.6) is 0 Å². The molecule has 3 heteroatoms. The van der Waals surface area contributed by atoms with Gasteiger partial charge in [-0.1, -0.05) is 72.8 Å².